The molecule has 1 aromatic heterocycles. The summed E-state index contributed by atoms with van der Waals surface area (Å²) >= 11 is 5.92. The van der Waals surface area contributed by atoms with Gasteiger partial charge in [0.05, 0.1) is 23.5 Å². The summed E-state index contributed by atoms with van der Waals surface area (Å²) in [6.45, 7) is 1.44. The first-order valence-electron chi connectivity index (χ1n) is 5.03. The topological polar surface area (TPSA) is 51.2 Å². The number of hydrogen-bond acceptors (Lipinski definition) is 3. The van der Waals surface area contributed by atoms with Gasteiger partial charge in [-0.1, -0.05) is 17.7 Å². The van der Waals surface area contributed by atoms with E-state index in [1.165, 1.54) is 0 Å². The van der Waals surface area contributed by atoms with Gasteiger partial charge in [-0.3, -0.25) is 0 Å². The molecule has 0 aliphatic rings. The van der Waals surface area contributed by atoms with Crippen LogP contribution in [0.4, 0.5) is 5.69 Å². The van der Waals surface area contributed by atoms with Crippen molar-refractivity contribution in [3.05, 3.63) is 52.9 Å². The van der Waals surface area contributed by atoms with Gasteiger partial charge in [-0.2, -0.15) is 0 Å². The molecule has 0 fully saturated rings. The second-order valence-electron chi connectivity index (χ2n) is 3.54. The molecule has 0 saturated heterocycles. The van der Waals surface area contributed by atoms with Gasteiger partial charge < -0.3 is 15.5 Å². The van der Waals surface area contributed by atoms with Crippen LogP contribution >= 0.6 is 11.6 Å². The fourth-order valence-corrected chi connectivity index (χ4v) is 1.63. The van der Waals surface area contributed by atoms with Gasteiger partial charge in [0.15, 0.2) is 0 Å². The SMILES string of the molecule is Nc1ccc(CNCc2ccco2)cc1Cl. The zero-order valence-electron chi connectivity index (χ0n) is 8.74. The van der Waals surface area contributed by atoms with Crippen molar-refractivity contribution in [2.45, 2.75) is 13.1 Å². The summed E-state index contributed by atoms with van der Waals surface area (Å²) in [6, 6.07) is 9.44. The zero-order chi connectivity index (χ0) is 11.4. The van der Waals surface area contributed by atoms with E-state index in [2.05, 4.69) is 5.32 Å². The second kappa shape index (κ2) is 5.05. The number of nitrogens with one attached hydrogen (secondary N) is 1. The van der Waals surface area contributed by atoms with E-state index in [-0.39, 0.29) is 0 Å². The van der Waals surface area contributed by atoms with Crippen molar-refractivity contribution in [1.82, 2.24) is 5.32 Å². The molecule has 0 atom stereocenters. The highest BCUT2D eigenvalue weighted by Crippen LogP contribution is 2.19. The minimum Gasteiger partial charge on any atom is -0.468 e. The molecule has 2 aromatic rings. The van der Waals surface area contributed by atoms with Crippen molar-refractivity contribution in [3.8, 4) is 0 Å². The third kappa shape index (κ3) is 2.78. The van der Waals surface area contributed by atoms with Gasteiger partial charge in [-0.25, -0.2) is 0 Å². The van der Waals surface area contributed by atoms with Crippen molar-refractivity contribution in [2.75, 3.05) is 5.73 Å². The normalized spacial score (nSPS) is 10.6. The van der Waals surface area contributed by atoms with Crippen molar-refractivity contribution >= 4 is 17.3 Å². The van der Waals surface area contributed by atoms with E-state index in [1.807, 2.05) is 30.3 Å². The maximum atomic E-state index is 5.92. The first-order valence-corrected chi connectivity index (χ1v) is 5.40. The molecule has 1 heterocycles. The molecule has 3 N–H and O–H groups in total. The summed E-state index contributed by atoms with van der Waals surface area (Å²) in [5.74, 6) is 0.918. The summed E-state index contributed by atoms with van der Waals surface area (Å²) < 4.78 is 5.21. The standard InChI is InChI=1S/C12H13ClN2O/c13-11-6-9(3-4-12(11)14)7-15-8-10-2-1-5-16-10/h1-6,15H,7-8,14H2. The predicted molar refractivity (Wildman–Crippen MR) is 65.1 cm³/mol. The van der Waals surface area contributed by atoms with E-state index in [0.717, 1.165) is 17.9 Å². The lowest BCUT2D eigenvalue weighted by atomic mass is 10.2. The fourth-order valence-electron chi connectivity index (χ4n) is 1.42. The van der Waals surface area contributed by atoms with Crippen LogP contribution in [0.15, 0.2) is 41.0 Å². The van der Waals surface area contributed by atoms with Gasteiger partial charge in [0.2, 0.25) is 0 Å². The molecular weight excluding hydrogens is 224 g/mol. The molecule has 2 rings (SSSR count). The van der Waals surface area contributed by atoms with Crippen LogP contribution in [-0.4, -0.2) is 0 Å². The predicted octanol–water partition coefficient (Wildman–Crippen LogP) is 2.81. The quantitative estimate of drug-likeness (QED) is 0.803. The fraction of sp³-hybridized carbons (Fsp3) is 0.167. The molecule has 4 heteroatoms. The zero-order valence-corrected chi connectivity index (χ0v) is 9.50. The van der Waals surface area contributed by atoms with Gasteiger partial charge in [0.1, 0.15) is 5.76 Å². The maximum Gasteiger partial charge on any atom is 0.117 e. The minimum atomic E-state index is 0.595. The molecule has 0 saturated carbocycles. The Labute approximate surface area is 99.2 Å². The second-order valence-corrected chi connectivity index (χ2v) is 3.95. The molecule has 0 spiro atoms. The van der Waals surface area contributed by atoms with E-state index in [1.54, 1.807) is 6.26 Å². The molecule has 3 nitrogen and oxygen atoms in total. The monoisotopic (exact) mass is 236 g/mol. The Hall–Kier alpha value is -1.45. The molecular formula is C12H13ClN2O. The van der Waals surface area contributed by atoms with E-state index < -0.39 is 0 Å². The Morgan fingerprint density at radius 2 is 2.12 bits per heavy atom. The van der Waals surface area contributed by atoms with E-state index in [9.17, 15) is 0 Å². The third-order valence-corrected chi connectivity index (χ3v) is 2.60. The minimum absolute atomic E-state index is 0.595. The number of benzene rings is 1. The maximum absolute atomic E-state index is 5.92. The lowest BCUT2D eigenvalue weighted by Crippen LogP contribution is -2.12. The van der Waals surface area contributed by atoms with Crippen LogP contribution in [0.5, 0.6) is 0 Å². The molecule has 0 unspecified atom stereocenters. The lowest BCUT2D eigenvalue weighted by Gasteiger charge is -2.05. The smallest absolute Gasteiger partial charge is 0.117 e. The van der Waals surface area contributed by atoms with Crippen LogP contribution in [0.1, 0.15) is 11.3 Å². The van der Waals surface area contributed by atoms with Crippen LogP contribution in [0.2, 0.25) is 5.02 Å². The number of hydrogen-bond donors (Lipinski definition) is 2. The van der Waals surface area contributed by atoms with Crippen molar-refractivity contribution in [1.29, 1.82) is 0 Å². The number of rotatable bonds is 4. The van der Waals surface area contributed by atoms with Crippen LogP contribution in [0.3, 0.4) is 0 Å². The van der Waals surface area contributed by atoms with Crippen LogP contribution < -0.4 is 11.1 Å². The number of nitrogen functional groups attached to an aromatic ring is 1. The van der Waals surface area contributed by atoms with E-state index in [0.29, 0.717) is 17.3 Å². The molecule has 0 amide bonds. The van der Waals surface area contributed by atoms with Gasteiger partial charge in [0, 0.05) is 6.54 Å². The lowest BCUT2D eigenvalue weighted by molar-refractivity contribution is 0.483. The van der Waals surface area contributed by atoms with Crippen LogP contribution in [0, 0.1) is 0 Å². The third-order valence-electron chi connectivity index (χ3n) is 2.27. The Morgan fingerprint density at radius 3 is 2.81 bits per heavy atom. The van der Waals surface area contributed by atoms with Crippen molar-refractivity contribution in [3.63, 3.8) is 0 Å². The molecule has 0 bridgehead atoms. The molecule has 0 aliphatic carbocycles. The van der Waals surface area contributed by atoms with Crippen LogP contribution in [0.25, 0.3) is 0 Å². The van der Waals surface area contributed by atoms with Crippen molar-refractivity contribution in [2.24, 2.45) is 0 Å². The summed E-state index contributed by atoms with van der Waals surface area (Å²) in [5, 5.41) is 3.85. The number of anilines is 1. The molecule has 0 radical (unpaired) electrons. The average Bonchev–Trinajstić information content (AvgIpc) is 2.76. The van der Waals surface area contributed by atoms with Crippen LogP contribution in [-0.2, 0) is 13.1 Å². The highest BCUT2D eigenvalue weighted by atomic mass is 35.5. The van der Waals surface area contributed by atoms with Gasteiger partial charge in [-0.05, 0) is 29.8 Å². The summed E-state index contributed by atoms with van der Waals surface area (Å²) in [7, 11) is 0. The summed E-state index contributed by atoms with van der Waals surface area (Å²) in [5.41, 5.74) is 7.34. The largest absolute Gasteiger partial charge is 0.468 e. The van der Waals surface area contributed by atoms with Gasteiger partial charge in [-0.15, -0.1) is 0 Å². The Kier molecular flexibility index (Phi) is 3.49. The summed E-state index contributed by atoms with van der Waals surface area (Å²) in [4.78, 5) is 0. The molecule has 1 aromatic carbocycles. The molecule has 16 heavy (non-hydrogen) atoms. The van der Waals surface area contributed by atoms with Crippen molar-refractivity contribution < 1.29 is 4.42 Å². The van der Waals surface area contributed by atoms with E-state index in [4.69, 9.17) is 21.8 Å². The first-order chi connectivity index (χ1) is 7.75. The van der Waals surface area contributed by atoms with E-state index >= 15 is 0 Å². The Balaban J connectivity index is 1.87. The summed E-state index contributed by atoms with van der Waals surface area (Å²) in [6.07, 6.45) is 1.66. The number of nitrogens with two attached hydrogens (primary N) is 1. The highest BCUT2D eigenvalue weighted by molar-refractivity contribution is 6.33. The average molecular weight is 237 g/mol. The molecule has 84 valence electrons. The highest BCUT2D eigenvalue weighted by Gasteiger charge is 1.99. The number of furan rings is 1. The van der Waals surface area contributed by atoms with Gasteiger partial charge in [0.25, 0.3) is 0 Å². The van der Waals surface area contributed by atoms with Gasteiger partial charge >= 0.3 is 0 Å². The molecule has 0 aliphatic heterocycles. The Bertz CT molecular complexity index is 454. The first kappa shape index (κ1) is 11.0. The Morgan fingerprint density at radius 1 is 1.25 bits per heavy atom. The number of halogens is 1.